The minimum absolute atomic E-state index is 0.167. The molecular formula is C13H12ClF3O4. The molecule has 4 nitrogen and oxygen atoms in total. The molecule has 0 spiro atoms. The standard InChI is InChI=1S/C13H12ClF3O4/c14-9-6-12-11(20-3-4-21-12)5-8(9)10(18)1-2-19-7-13(15,16)17/h5-6H,1-4,7H2. The third-order valence-electron chi connectivity index (χ3n) is 2.67. The highest BCUT2D eigenvalue weighted by Crippen LogP contribution is 2.35. The van der Waals surface area contributed by atoms with Gasteiger partial charge in [-0.3, -0.25) is 4.79 Å². The molecule has 1 aromatic carbocycles. The number of carbonyl (C=O) groups is 1. The van der Waals surface area contributed by atoms with E-state index in [0.29, 0.717) is 24.7 Å². The van der Waals surface area contributed by atoms with Gasteiger partial charge in [-0.25, -0.2) is 0 Å². The van der Waals surface area contributed by atoms with E-state index in [9.17, 15) is 18.0 Å². The minimum atomic E-state index is -4.41. The minimum Gasteiger partial charge on any atom is -0.486 e. The van der Waals surface area contributed by atoms with E-state index in [1.807, 2.05) is 0 Å². The highest BCUT2D eigenvalue weighted by atomic mass is 35.5. The molecule has 1 aliphatic rings. The van der Waals surface area contributed by atoms with Gasteiger partial charge in [-0.15, -0.1) is 0 Å². The summed E-state index contributed by atoms with van der Waals surface area (Å²) in [6, 6.07) is 2.89. The average Bonchev–Trinajstić information content (AvgIpc) is 2.41. The molecule has 0 fully saturated rings. The van der Waals surface area contributed by atoms with E-state index in [0.717, 1.165) is 0 Å². The number of hydrogen-bond donors (Lipinski definition) is 0. The summed E-state index contributed by atoms with van der Waals surface area (Å²) in [6.45, 7) is -0.961. The predicted octanol–water partition coefficient (Wildman–Crippen LogP) is 3.26. The Labute approximate surface area is 123 Å². The third-order valence-corrected chi connectivity index (χ3v) is 2.98. The number of carbonyl (C=O) groups excluding carboxylic acids is 1. The van der Waals surface area contributed by atoms with Crippen LogP contribution in [0, 0.1) is 0 Å². The van der Waals surface area contributed by atoms with Gasteiger partial charge in [0.2, 0.25) is 0 Å². The summed E-state index contributed by atoms with van der Waals surface area (Å²) < 4.78 is 50.7. The van der Waals surface area contributed by atoms with Crippen molar-refractivity contribution in [2.45, 2.75) is 12.6 Å². The first kappa shape index (κ1) is 15.9. The molecule has 1 aromatic rings. The number of hydrogen-bond acceptors (Lipinski definition) is 4. The van der Waals surface area contributed by atoms with Gasteiger partial charge >= 0.3 is 6.18 Å². The van der Waals surface area contributed by atoms with Crippen LogP contribution >= 0.6 is 11.6 Å². The smallest absolute Gasteiger partial charge is 0.411 e. The second-order valence-corrected chi connectivity index (χ2v) is 4.72. The van der Waals surface area contributed by atoms with Crippen molar-refractivity contribution in [2.24, 2.45) is 0 Å². The van der Waals surface area contributed by atoms with E-state index < -0.39 is 18.6 Å². The van der Waals surface area contributed by atoms with Crippen molar-refractivity contribution in [1.29, 1.82) is 0 Å². The van der Waals surface area contributed by atoms with Gasteiger partial charge in [0.05, 0.1) is 11.6 Å². The number of rotatable bonds is 5. The van der Waals surface area contributed by atoms with Gasteiger partial charge in [0.25, 0.3) is 0 Å². The second kappa shape index (κ2) is 6.53. The highest BCUT2D eigenvalue weighted by molar-refractivity contribution is 6.34. The van der Waals surface area contributed by atoms with E-state index >= 15 is 0 Å². The Morgan fingerprint density at radius 3 is 2.48 bits per heavy atom. The Balaban J connectivity index is 1.96. The van der Waals surface area contributed by atoms with Crippen LogP contribution in [0.2, 0.25) is 5.02 Å². The highest BCUT2D eigenvalue weighted by Gasteiger charge is 2.27. The van der Waals surface area contributed by atoms with E-state index in [1.165, 1.54) is 12.1 Å². The maximum atomic E-state index is 11.9. The number of ether oxygens (including phenoxy) is 3. The van der Waals surface area contributed by atoms with Crippen LogP contribution in [0.25, 0.3) is 0 Å². The fraction of sp³-hybridized carbons (Fsp3) is 0.462. The molecule has 0 N–H and O–H groups in total. The Morgan fingerprint density at radius 1 is 1.24 bits per heavy atom. The number of benzene rings is 1. The molecule has 1 aliphatic heterocycles. The Kier molecular flexibility index (Phi) is 4.95. The molecule has 0 radical (unpaired) electrons. The third kappa shape index (κ3) is 4.50. The molecular weight excluding hydrogens is 313 g/mol. The number of fused-ring (bicyclic) bond motifs is 1. The maximum Gasteiger partial charge on any atom is 0.411 e. The van der Waals surface area contributed by atoms with Crippen molar-refractivity contribution in [3.05, 3.63) is 22.7 Å². The van der Waals surface area contributed by atoms with Crippen LogP contribution in [0.15, 0.2) is 12.1 Å². The quantitative estimate of drug-likeness (QED) is 0.616. The van der Waals surface area contributed by atoms with Crippen molar-refractivity contribution in [3.63, 3.8) is 0 Å². The fourth-order valence-electron chi connectivity index (χ4n) is 1.77. The number of Topliss-reactive ketones (excluding diaryl/α,β-unsaturated/α-hetero) is 1. The second-order valence-electron chi connectivity index (χ2n) is 4.32. The van der Waals surface area contributed by atoms with Gasteiger partial charge < -0.3 is 14.2 Å². The normalized spacial score (nSPS) is 14.1. The lowest BCUT2D eigenvalue weighted by atomic mass is 10.1. The summed E-state index contributed by atoms with van der Waals surface area (Å²) in [7, 11) is 0. The lowest BCUT2D eigenvalue weighted by Crippen LogP contribution is -2.19. The summed E-state index contributed by atoms with van der Waals surface area (Å²) in [5, 5.41) is 0.167. The first-order valence-corrected chi connectivity index (χ1v) is 6.51. The van der Waals surface area contributed by atoms with Crippen molar-refractivity contribution >= 4 is 17.4 Å². The van der Waals surface area contributed by atoms with E-state index in [4.69, 9.17) is 21.1 Å². The van der Waals surface area contributed by atoms with E-state index in [-0.39, 0.29) is 23.6 Å². The first-order chi connectivity index (χ1) is 9.87. The van der Waals surface area contributed by atoms with Crippen LogP contribution in [0.3, 0.4) is 0 Å². The summed E-state index contributed by atoms with van der Waals surface area (Å²) in [5.74, 6) is 0.417. The molecule has 0 amide bonds. The molecule has 0 saturated heterocycles. The van der Waals surface area contributed by atoms with E-state index in [1.54, 1.807) is 0 Å². The molecule has 21 heavy (non-hydrogen) atoms. The summed E-state index contributed by atoms with van der Waals surface area (Å²) in [6.07, 6.45) is -4.60. The number of alkyl halides is 3. The molecule has 8 heteroatoms. The lowest BCUT2D eigenvalue weighted by Gasteiger charge is -2.19. The van der Waals surface area contributed by atoms with Crippen molar-refractivity contribution in [2.75, 3.05) is 26.4 Å². The first-order valence-electron chi connectivity index (χ1n) is 6.13. The molecule has 0 bridgehead atoms. The molecule has 1 heterocycles. The van der Waals surface area contributed by atoms with Gasteiger partial charge in [-0.2, -0.15) is 13.2 Å². The van der Waals surface area contributed by atoms with Crippen molar-refractivity contribution < 1.29 is 32.2 Å². The van der Waals surface area contributed by atoms with Crippen LogP contribution in [0.5, 0.6) is 11.5 Å². The molecule has 2 rings (SSSR count). The number of ketones is 1. The predicted molar refractivity (Wildman–Crippen MR) is 68.3 cm³/mol. The zero-order valence-electron chi connectivity index (χ0n) is 10.8. The molecule has 116 valence electrons. The Morgan fingerprint density at radius 2 is 1.86 bits per heavy atom. The molecule has 0 aliphatic carbocycles. The van der Waals surface area contributed by atoms with Crippen LogP contribution in [-0.4, -0.2) is 38.4 Å². The fourth-order valence-corrected chi connectivity index (χ4v) is 2.02. The molecule has 0 unspecified atom stereocenters. The van der Waals surface area contributed by atoms with Crippen LogP contribution in [-0.2, 0) is 4.74 Å². The van der Waals surface area contributed by atoms with Crippen LogP contribution in [0.4, 0.5) is 13.2 Å². The SMILES string of the molecule is O=C(CCOCC(F)(F)F)c1cc2c(cc1Cl)OCCO2. The summed E-state index contributed by atoms with van der Waals surface area (Å²) >= 11 is 5.96. The van der Waals surface area contributed by atoms with Crippen LogP contribution < -0.4 is 9.47 Å². The Hall–Kier alpha value is -1.47. The molecule has 0 atom stereocenters. The summed E-state index contributed by atoms with van der Waals surface area (Å²) in [5.41, 5.74) is 0.177. The van der Waals surface area contributed by atoms with Crippen LogP contribution in [0.1, 0.15) is 16.8 Å². The monoisotopic (exact) mass is 324 g/mol. The topological polar surface area (TPSA) is 44.8 Å². The zero-order chi connectivity index (χ0) is 15.5. The van der Waals surface area contributed by atoms with Gasteiger partial charge in [-0.1, -0.05) is 11.6 Å². The zero-order valence-corrected chi connectivity index (χ0v) is 11.6. The largest absolute Gasteiger partial charge is 0.486 e. The molecule has 0 aromatic heterocycles. The van der Waals surface area contributed by atoms with Gasteiger partial charge in [0.1, 0.15) is 19.8 Å². The van der Waals surface area contributed by atoms with E-state index in [2.05, 4.69) is 4.74 Å². The van der Waals surface area contributed by atoms with Gasteiger partial charge in [0.15, 0.2) is 17.3 Å². The molecule has 0 saturated carbocycles. The van der Waals surface area contributed by atoms with Gasteiger partial charge in [0, 0.05) is 18.1 Å². The maximum absolute atomic E-state index is 11.9. The van der Waals surface area contributed by atoms with Crippen molar-refractivity contribution in [1.82, 2.24) is 0 Å². The Bertz CT molecular complexity index is 531. The summed E-state index contributed by atoms with van der Waals surface area (Å²) in [4.78, 5) is 11.9. The lowest BCUT2D eigenvalue weighted by molar-refractivity contribution is -0.173. The van der Waals surface area contributed by atoms with Crippen molar-refractivity contribution in [3.8, 4) is 11.5 Å². The van der Waals surface area contributed by atoms with Gasteiger partial charge in [-0.05, 0) is 6.07 Å². The number of halogens is 4. The average molecular weight is 325 g/mol.